The lowest BCUT2D eigenvalue weighted by Gasteiger charge is -2.25. The van der Waals surface area contributed by atoms with Crippen molar-refractivity contribution in [3.05, 3.63) is 28.8 Å². The van der Waals surface area contributed by atoms with Crippen LogP contribution in [0.4, 0.5) is 0 Å². The molecule has 2 rings (SSSR count). The van der Waals surface area contributed by atoms with Crippen molar-refractivity contribution >= 4 is 17.6 Å². The Hall–Kier alpha value is -1.26. The van der Waals surface area contributed by atoms with Crippen LogP contribution in [0.2, 0.25) is 5.02 Å². The number of nitrogens with one attached hydrogen (secondary N) is 1. The first-order valence-electron chi connectivity index (χ1n) is 7.09. The summed E-state index contributed by atoms with van der Waals surface area (Å²) in [7, 11) is 1.59. The minimum atomic E-state index is -0.470. The fraction of sp³-hybridized carbons (Fsp3) is 0.562. The van der Waals surface area contributed by atoms with Gasteiger partial charge in [0.05, 0.1) is 18.1 Å². The number of methoxy groups -OCH3 is 1. The number of hydrogen-bond acceptors (Lipinski definition) is 4. The van der Waals surface area contributed by atoms with Crippen LogP contribution in [0.15, 0.2) is 18.2 Å². The van der Waals surface area contributed by atoms with Crippen LogP contribution in [0.3, 0.4) is 0 Å². The minimum absolute atomic E-state index is 0.0750. The Morgan fingerprint density at radius 2 is 2.05 bits per heavy atom. The molecule has 0 aromatic heterocycles. The summed E-state index contributed by atoms with van der Waals surface area (Å²) in [5, 5.41) is 3.84. The van der Waals surface area contributed by atoms with Gasteiger partial charge in [0.2, 0.25) is 0 Å². The molecule has 5 heteroatoms. The van der Waals surface area contributed by atoms with Crippen LogP contribution in [0.1, 0.15) is 32.3 Å². The summed E-state index contributed by atoms with van der Waals surface area (Å²) >= 11 is 6.06. The van der Waals surface area contributed by atoms with Crippen LogP contribution >= 0.6 is 11.6 Å². The molecule has 2 atom stereocenters. The van der Waals surface area contributed by atoms with E-state index in [0.717, 1.165) is 12.1 Å². The fourth-order valence-corrected chi connectivity index (χ4v) is 2.76. The third-order valence-corrected chi connectivity index (χ3v) is 3.84. The molecular weight excluding hydrogens is 290 g/mol. The summed E-state index contributed by atoms with van der Waals surface area (Å²) in [4.78, 5) is 12.3. The standard InChI is InChI=1S/C16H22ClNO3/c1-16(2,3)21-15(19)12-9-18-8-11(12)10-5-6-13(17)14(7-10)20-4/h5-7,11-12,18H,8-9H2,1-4H3/t11-,12+/m0/s1. The molecule has 1 saturated heterocycles. The predicted molar refractivity (Wildman–Crippen MR) is 82.9 cm³/mol. The highest BCUT2D eigenvalue weighted by molar-refractivity contribution is 6.32. The van der Waals surface area contributed by atoms with Gasteiger partial charge in [-0.2, -0.15) is 0 Å². The van der Waals surface area contributed by atoms with Gasteiger partial charge in [-0.1, -0.05) is 17.7 Å². The molecule has 116 valence electrons. The molecule has 0 unspecified atom stereocenters. The van der Waals surface area contributed by atoms with E-state index < -0.39 is 5.60 Å². The molecule has 1 heterocycles. The van der Waals surface area contributed by atoms with Gasteiger partial charge in [-0.3, -0.25) is 4.79 Å². The zero-order chi connectivity index (χ0) is 15.6. The van der Waals surface area contributed by atoms with Crippen molar-refractivity contribution in [2.24, 2.45) is 5.92 Å². The quantitative estimate of drug-likeness (QED) is 0.872. The minimum Gasteiger partial charge on any atom is -0.495 e. The first kappa shape index (κ1) is 16.1. The third-order valence-electron chi connectivity index (χ3n) is 3.53. The van der Waals surface area contributed by atoms with Crippen molar-refractivity contribution < 1.29 is 14.3 Å². The van der Waals surface area contributed by atoms with Crippen molar-refractivity contribution in [1.82, 2.24) is 5.32 Å². The van der Waals surface area contributed by atoms with Crippen LogP contribution in [-0.2, 0) is 9.53 Å². The van der Waals surface area contributed by atoms with Crippen molar-refractivity contribution in [3.8, 4) is 5.75 Å². The Morgan fingerprint density at radius 1 is 1.33 bits per heavy atom. The second-order valence-corrected chi connectivity index (χ2v) is 6.71. The van der Waals surface area contributed by atoms with E-state index in [0.29, 0.717) is 17.3 Å². The number of carbonyl (C=O) groups is 1. The van der Waals surface area contributed by atoms with E-state index in [9.17, 15) is 4.79 Å². The molecule has 1 aromatic rings. The summed E-state index contributed by atoms with van der Waals surface area (Å²) < 4.78 is 10.8. The Balaban J connectivity index is 2.20. The van der Waals surface area contributed by atoms with Crippen LogP contribution in [0, 0.1) is 5.92 Å². The molecule has 0 spiro atoms. The van der Waals surface area contributed by atoms with E-state index in [2.05, 4.69) is 5.32 Å². The number of esters is 1. The molecule has 4 nitrogen and oxygen atoms in total. The molecular formula is C16H22ClNO3. The highest BCUT2D eigenvalue weighted by atomic mass is 35.5. The van der Waals surface area contributed by atoms with Gasteiger partial charge in [0.25, 0.3) is 0 Å². The fourth-order valence-electron chi connectivity index (χ4n) is 2.56. The summed E-state index contributed by atoms with van der Waals surface area (Å²) in [6.45, 7) is 7.02. The van der Waals surface area contributed by atoms with E-state index in [1.807, 2.05) is 32.9 Å². The highest BCUT2D eigenvalue weighted by Crippen LogP contribution is 2.34. The van der Waals surface area contributed by atoms with Crippen LogP contribution in [0.5, 0.6) is 5.75 Å². The predicted octanol–water partition coefficient (Wildman–Crippen LogP) is 2.99. The average molecular weight is 312 g/mol. The maximum atomic E-state index is 12.3. The van der Waals surface area contributed by atoms with Crippen LogP contribution in [0.25, 0.3) is 0 Å². The van der Waals surface area contributed by atoms with Crippen LogP contribution < -0.4 is 10.1 Å². The van der Waals surface area contributed by atoms with Crippen molar-refractivity contribution in [3.63, 3.8) is 0 Å². The largest absolute Gasteiger partial charge is 0.495 e. The van der Waals surface area contributed by atoms with Crippen LogP contribution in [-0.4, -0.2) is 31.8 Å². The van der Waals surface area contributed by atoms with Gasteiger partial charge in [0.15, 0.2) is 0 Å². The highest BCUT2D eigenvalue weighted by Gasteiger charge is 2.37. The van der Waals surface area contributed by atoms with Crippen molar-refractivity contribution in [1.29, 1.82) is 0 Å². The molecule has 0 amide bonds. The molecule has 0 aliphatic carbocycles. The molecule has 1 aliphatic heterocycles. The molecule has 1 fully saturated rings. The molecule has 1 N–H and O–H groups in total. The Labute approximate surface area is 130 Å². The Bertz CT molecular complexity index is 525. The van der Waals surface area contributed by atoms with E-state index in [1.54, 1.807) is 13.2 Å². The number of benzene rings is 1. The number of ether oxygens (including phenoxy) is 2. The molecule has 0 radical (unpaired) electrons. The molecule has 0 bridgehead atoms. The zero-order valence-electron chi connectivity index (χ0n) is 12.9. The maximum absolute atomic E-state index is 12.3. The zero-order valence-corrected chi connectivity index (χ0v) is 13.7. The van der Waals surface area contributed by atoms with Gasteiger partial charge in [-0.25, -0.2) is 0 Å². The van der Waals surface area contributed by atoms with Gasteiger partial charge in [0.1, 0.15) is 11.4 Å². The lowest BCUT2D eigenvalue weighted by molar-refractivity contribution is -0.159. The SMILES string of the molecule is COc1cc([C@@H]2CNC[C@H]2C(=O)OC(C)(C)C)ccc1Cl. The second-order valence-electron chi connectivity index (χ2n) is 6.30. The summed E-state index contributed by atoms with van der Waals surface area (Å²) in [5.74, 6) is 0.358. The topological polar surface area (TPSA) is 47.6 Å². The van der Waals surface area contributed by atoms with E-state index in [1.165, 1.54) is 0 Å². The molecule has 21 heavy (non-hydrogen) atoms. The number of hydrogen-bond donors (Lipinski definition) is 1. The number of rotatable bonds is 3. The van der Waals surface area contributed by atoms with Gasteiger partial charge in [-0.15, -0.1) is 0 Å². The Kier molecular flexibility index (Phi) is 4.79. The lowest BCUT2D eigenvalue weighted by Crippen LogP contribution is -2.31. The Morgan fingerprint density at radius 3 is 2.67 bits per heavy atom. The summed E-state index contributed by atoms with van der Waals surface area (Å²) in [5.41, 5.74) is 0.569. The average Bonchev–Trinajstić information content (AvgIpc) is 2.86. The number of halogens is 1. The van der Waals surface area contributed by atoms with Gasteiger partial charge >= 0.3 is 5.97 Å². The molecule has 1 aliphatic rings. The number of carbonyl (C=O) groups excluding carboxylic acids is 1. The third kappa shape index (κ3) is 3.89. The maximum Gasteiger partial charge on any atom is 0.311 e. The first-order valence-corrected chi connectivity index (χ1v) is 7.46. The second kappa shape index (κ2) is 6.24. The van der Waals surface area contributed by atoms with E-state index >= 15 is 0 Å². The lowest BCUT2D eigenvalue weighted by atomic mass is 9.88. The normalized spacial score (nSPS) is 22.1. The first-order chi connectivity index (χ1) is 9.81. The van der Waals surface area contributed by atoms with Gasteiger partial charge < -0.3 is 14.8 Å². The molecule has 0 saturated carbocycles. The monoisotopic (exact) mass is 311 g/mol. The summed E-state index contributed by atoms with van der Waals surface area (Å²) in [6, 6.07) is 5.65. The van der Waals surface area contributed by atoms with Gasteiger partial charge in [0, 0.05) is 19.0 Å². The smallest absolute Gasteiger partial charge is 0.311 e. The van der Waals surface area contributed by atoms with Crippen molar-refractivity contribution in [2.45, 2.75) is 32.3 Å². The van der Waals surface area contributed by atoms with E-state index in [4.69, 9.17) is 21.1 Å². The van der Waals surface area contributed by atoms with E-state index in [-0.39, 0.29) is 17.8 Å². The molecule has 1 aromatic carbocycles. The van der Waals surface area contributed by atoms with Gasteiger partial charge in [-0.05, 0) is 38.5 Å². The summed E-state index contributed by atoms with van der Waals surface area (Å²) in [6.07, 6.45) is 0. The van der Waals surface area contributed by atoms with Crippen molar-refractivity contribution in [2.75, 3.05) is 20.2 Å².